The third-order valence-corrected chi connectivity index (χ3v) is 5.65. The van der Waals surface area contributed by atoms with E-state index in [4.69, 9.17) is 9.97 Å². The smallest absolute Gasteiger partial charge is 0.160 e. The minimum absolute atomic E-state index is 0.368. The van der Waals surface area contributed by atoms with E-state index in [0.717, 1.165) is 47.7 Å². The maximum absolute atomic E-state index is 5.06. The summed E-state index contributed by atoms with van der Waals surface area (Å²) in [5.74, 6) is 1.37. The first-order valence-electron chi connectivity index (χ1n) is 10.5. The molecule has 0 aliphatic heterocycles. The average molecular weight is 376 g/mol. The fraction of sp³-hybridized carbons (Fsp3) is 0.478. The number of hydrogen-bond acceptors (Lipinski definition) is 5. The van der Waals surface area contributed by atoms with Crippen LogP contribution < -0.4 is 5.32 Å². The molecule has 1 fully saturated rings. The van der Waals surface area contributed by atoms with Gasteiger partial charge in [0.15, 0.2) is 5.82 Å². The van der Waals surface area contributed by atoms with Crippen LogP contribution in [0, 0.1) is 6.92 Å². The van der Waals surface area contributed by atoms with Gasteiger partial charge >= 0.3 is 0 Å². The summed E-state index contributed by atoms with van der Waals surface area (Å²) >= 11 is 0. The molecule has 0 radical (unpaired) electrons. The highest BCUT2D eigenvalue weighted by Crippen LogP contribution is 2.40. The van der Waals surface area contributed by atoms with Gasteiger partial charge in [-0.2, -0.15) is 0 Å². The van der Waals surface area contributed by atoms with Crippen molar-refractivity contribution in [2.24, 2.45) is 0 Å². The zero-order chi connectivity index (χ0) is 19.5. The summed E-state index contributed by atoms with van der Waals surface area (Å²) in [6, 6.07) is 4.40. The average Bonchev–Trinajstić information content (AvgIpc) is 2.65. The number of fused-ring (bicyclic) bond motifs is 1. The van der Waals surface area contributed by atoms with Crippen LogP contribution in [0.1, 0.15) is 62.4 Å². The molecule has 1 N–H and O–H groups in total. The quantitative estimate of drug-likeness (QED) is 0.654. The van der Waals surface area contributed by atoms with Crippen LogP contribution in [0.15, 0.2) is 30.7 Å². The molecular formula is C23H29N5. The van der Waals surface area contributed by atoms with E-state index < -0.39 is 0 Å². The number of hydrogen-bond donors (Lipinski definition) is 1. The summed E-state index contributed by atoms with van der Waals surface area (Å²) in [6.07, 6.45) is 11.6. The molecule has 5 nitrogen and oxygen atoms in total. The van der Waals surface area contributed by atoms with Gasteiger partial charge in [0.1, 0.15) is 0 Å². The van der Waals surface area contributed by atoms with Gasteiger partial charge in [0, 0.05) is 41.5 Å². The molecule has 0 amide bonds. The fourth-order valence-electron chi connectivity index (χ4n) is 3.93. The molecule has 5 heteroatoms. The van der Waals surface area contributed by atoms with Crippen LogP contribution in [0.25, 0.3) is 22.3 Å². The Kier molecular flexibility index (Phi) is 5.62. The van der Waals surface area contributed by atoms with Crippen LogP contribution in [-0.4, -0.2) is 32.5 Å². The lowest BCUT2D eigenvalue weighted by atomic mass is 9.79. The molecule has 146 valence electrons. The lowest BCUT2D eigenvalue weighted by molar-refractivity contribution is 0.421. The van der Waals surface area contributed by atoms with Gasteiger partial charge in [-0.1, -0.05) is 13.3 Å². The van der Waals surface area contributed by atoms with Crippen molar-refractivity contribution in [2.75, 3.05) is 6.54 Å². The number of nitrogens with one attached hydrogen (secondary N) is 1. The number of aryl methyl sites for hydroxylation is 1. The molecular weight excluding hydrogens is 346 g/mol. The largest absolute Gasteiger partial charge is 0.314 e. The van der Waals surface area contributed by atoms with Crippen molar-refractivity contribution in [3.63, 3.8) is 0 Å². The molecule has 0 spiro atoms. The van der Waals surface area contributed by atoms with Crippen molar-refractivity contribution < 1.29 is 0 Å². The summed E-state index contributed by atoms with van der Waals surface area (Å²) in [4.78, 5) is 18.8. The second-order valence-electron chi connectivity index (χ2n) is 7.99. The van der Waals surface area contributed by atoms with E-state index in [9.17, 15) is 0 Å². The highest BCUT2D eigenvalue weighted by molar-refractivity contribution is 5.86. The van der Waals surface area contributed by atoms with Crippen LogP contribution in [0.4, 0.5) is 0 Å². The molecule has 1 atom stereocenters. The van der Waals surface area contributed by atoms with Crippen LogP contribution >= 0.6 is 0 Å². The highest BCUT2D eigenvalue weighted by atomic mass is 14.9. The summed E-state index contributed by atoms with van der Waals surface area (Å²) < 4.78 is 0. The Balaban J connectivity index is 1.82. The summed E-state index contributed by atoms with van der Waals surface area (Å²) in [7, 11) is 0. The van der Waals surface area contributed by atoms with Gasteiger partial charge in [-0.25, -0.2) is 9.97 Å². The summed E-state index contributed by atoms with van der Waals surface area (Å²) in [6.45, 7) is 7.46. The molecule has 0 aromatic carbocycles. The topological polar surface area (TPSA) is 63.6 Å². The SMILES string of the molecule is CCCN[C@@H](C)Cc1nc(-c2ccnc(C)c2)nc2cncc(C3CCC3)c12. The van der Waals surface area contributed by atoms with Gasteiger partial charge in [0.2, 0.25) is 0 Å². The minimum Gasteiger partial charge on any atom is -0.314 e. The normalized spacial score (nSPS) is 15.5. The Hall–Kier alpha value is -2.40. The standard InChI is InChI=1S/C23H29N5/c1-4-9-25-16(3)12-20-22-19(17-6-5-7-17)13-24-14-21(22)28-23(27-20)18-8-10-26-15(2)11-18/h8,10-11,13-14,16-17,25H,4-7,9,12H2,1-3H3/t16-/m0/s1. The monoisotopic (exact) mass is 375 g/mol. The number of rotatable bonds is 7. The van der Waals surface area contributed by atoms with Crippen molar-refractivity contribution in [1.82, 2.24) is 25.3 Å². The molecule has 0 saturated heterocycles. The van der Waals surface area contributed by atoms with Gasteiger partial charge in [-0.15, -0.1) is 0 Å². The Bertz CT molecular complexity index is 964. The number of pyridine rings is 2. The second kappa shape index (κ2) is 8.31. The summed E-state index contributed by atoms with van der Waals surface area (Å²) in [5, 5.41) is 4.83. The van der Waals surface area contributed by atoms with E-state index in [1.807, 2.05) is 37.6 Å². The molecule has 3 aromatic heterocycles. The third-order valence-electron chi connectivity index (χ3n) is 5.65. The Morgan fingerprint density at radius 3 is 2.79 bits per heavy atom. The second-order valence-corrected chi connectivity index (χ2v) is 7.99. The van der Waals surface area contributed by atoms with Crippen LogP contribution in [0.2, 0.25) is 0 Å². The first-order valence-corrected chi connectivity index (χ1v) is 10.5. The van der Waals surface area contributed by atoms with Crippen molar-refractivity contribution in [2.45, 2.75) is 64.8 Å². The summed E-state index contributed by atoms with van der Waals surface area (Å²) in [5.41, 5.74) is 5.41. The molecule has 1 aliphatic carbocycles. The van der Waals surface area contributed by atoms with Gasteiger partial charge in [-0.3, -0.25) is 9.97 Å². The van der Waals surface area contributed by atoms with Gasteiger partial charge in [0.25, 0.3) is 0 Å². The first-order chi connectivity index (χ1) is 13.7. The minimum atomic E-state index is 0.368. The van der Waals surface area contributed by atoms with Crippen LogP contribution in [0.5, 0.6) is 0 Å². The Morgan fingerprint density at radius 1 is 1.21 bits per heavy atom. The number of aromatic nitrogens is 4. The van der Waals surface area contributed by atoms with E-state index in [0.29, 0.717) is 12.0 Å². The predicted octanol–water partition coefficient (Wildman–Crippen LogP) is 4.59. The van der Waals surface area contributed by atoms with E-state index in [1.165, 1.54) is 30.2 Å². The van der Waals surface area contributed by atoms with E-state index in [2.05, 4.69) is 29.1 Å². The highest BCUT2D eigenvalue weighted by Gasteiger charge is 2.24. The van der Waals surface area contributed by atoms with Crippen molar-refractivity contribution in [3.8, 4) is 11.4 Å². The molecule has 3 aromatic rings. The zero-order valence-corrected chi connectivity index (χ0v) is 17.1. The van der Waals surface area contributed by atoms with Crippen molar-refractivity contribution in [3.05, 3.63) is 47.7 Å². The van der Waals surface area contributed by atoms with Crippen LogP contribution in [-0.2, 0) is 6.42 Å². The van der Waals surface area contributed by atoms with Gasteiger partial charge < -0.3 is 5.32 Å². The third kappa shape index (κ3) is 3.90. The van der Waals surface area contributed by atoms with Crippen molar-refractivity contribution >= 4 is 10.9 Å². The predicted molar refractivity (Wildman–Crippen MR) is 113 cm³/mol. The first kappa shape index (κ1) is 18.9. The maximum Gasteiger partial charge on any atom is 0.160 e. The van der Waals surface area contributed by atoms with Crippen molar-refractivity contribution in [1.29, 1.82) is 0 Å². The molecule has 3 heterocycles. The van der Waals surface area contributed by atoms with E-state index >= 15 is 0 Å². The number of nitrogens with zero attached hydrogens (tertiary/aromatic N) is 4. The Morgan fingerprint density at radius 2 is 2.07 bits per heavy atom. The van der Waals surface area contributed by atoms with E-state index in [-0.39, 0.29) is 0 Å². The van der Waals surface area contributed by atoms with Gasteiger partial charge in [-0.05, 0) is 63.3 Å². The lowest BCUT2D eigenvalue weighted by Gasteiger charge is -2.27. The van der Waals surface area contributed by atoms with E-state index in [1.54, 1.807) is 0 Å². The molecule has 0 bridgehead atoms. The molecule has 4 rings (SSSR count). The Labute approximate surface area is 167 Å². The maximum atomic E-state index is 5.06. The molecule has 1 saturated carbocycles. The lowest BCUT2D eigenvalue weighted by Crippen LogP contribution is -2.29. The molecule has 0 unspecified atom stereocenters. The molecule has 1 aliphatic rings. The van der Waals surface area contributed by atoms with Crippen LogP contribution in [0.3, 0.4) is 0 Å². The zero-order valence-electron chi connectivity index (χ0n) is 17.1. The molecule has 28 heavy (non-hydrogen) atoms. The van der Waals surface area contributed by atoms with Gasteiger partial charge in [0.05, 0.1) is 17.4 Å². The fourth-order valence-corrected chi connectivity index (χ4v) is 3.93.